The Bertz CT molecular complexity index is 366. The molecule has 0 aliphatic rings. The predicted octanol–water partition coefficient (Wildman–Crippen LogP) is 4.05. The molecule has 76 valence electrons. The van der Waals surface area contributed by atoms with Crippen LogP contribution in [0.25, 0.3) is 0 Å². The third-order valence-electron chi connectivity index (χ3n) is 1.48. The minimum absolute atomic E-state index is 0.109. The van der Waals surface area contributed by atoms with Crippen molar-refractivity contribution in [3.63, 3.8) is 0 Å². The highest BCUT2D eigenvalue weighted by Gasteiger charge is 2.07. The Kier molecular flexibility index (Phi) is 4.07. The molecular weight excluding hydrogens is 320 g/mol. The van der Waals surface area contributed by atoms with Crippen molar-refractivity contribution in [2.75, 3.05) is 11.9 Å². The zero-order chi connectivity index (χ0) is 10.7. The number of hydrogen-bond acceptors (Lipinski definition) is 1. The average molecular weight is 327 g/mol. The van der Waals surface area contributed by atoms with Gasteiger partial charge in [-0.05, 0) is 22.0 Å². The zero-order valence-electron chi connectivity index (χ0n) is 7.08. The highest BCUT2D eigenvalue weighted by atomic mass is 79.9. The number of nitrogens with one attached hydrogen (secondary N) is 1. The molecule has 1 nitrogen and oxygen atoms in total. The second-order valence-electron chi connectivity index (χ2n) is 2.62. The van der Waals surface area contributed by atoms with Gasteiger partial charge in [0.25, 0.3) is 0 Å². The van der Waals surface area contributed by atoms with Crippen LogP contribution >= 0.6 is 31.9 Å². The molecular formula is C9H7Br2F2N. The molecule has 0 saturated heterocycles. The fourth-order valence-corrected chi connectivity index (χ4v) is 1.30. The number of hydrogen-bond donors (Lipinski definition) is 1. The van der Waals surface area contributed by atoms with Gasteiger partial charge in [0.1, 0.15) is 11.6 Å². The molecule has 0 aromatic heterocycles. The summed E-state index contributed by atoms with van der Waals surface area (Å²) in [6, 6.07) is 2.17. The monoisotopic (exact) mass is 325 g/mol. The molecule has 0 spiro atoms. The molecule has 0 aliphatic carbocycles. The molecule has 5 heteroatoms. The van der Waals surface area contributed by atoms with Crippen molar-refractivity contribution in [3.05, 3.63) is 39.3 Å². The summed E-state index contributed by atoms with van der Waals surface area (Å²) in [5, 5.41) is 2.70. The molecule has 0 heterocycles. The third kappa shape index (κ3) is 3.06. The molecule has 1 N–H and O–H groups in total. The summed E-state index contributed by atoms with van der Waals surface area (Å²) in [4.78, 5) is 0. The molecule has 1 rings (SSSR count). The Labute approximate surface area is 97.5 Å². The molecule has 0 fully saturated rings. The average Bonchev–Trinajstić information content (AvgIpc) is 2.09. The summed E-state index contributed by atoms with van der Waals surface area (Å²) in [6.07, 6.45) is 0. The van der Waals surface area contributed by atoms with E-state index in [0.717, 1.165) is 12.1 Å². The van der Waals surface area contributed by atoms with Crippen molar-refractivity contribution in [1.82, 2.24) is 0 Å². The Hall–Kier alpha value is -0.420. The number of rotatable bonds is 3. The third-order valence-corrected chi connectivity index (χ3v) is 2.37. The molecule has 1 aromatic carbocycles. The number of benzene rings is 1. The minimum atomic E-state index is -0.507. The summed E-state index contributed by atoms with van der Waals surface area (Å²) >= 11 is 6.00. The summed E-state index contributed by atoms with van der Waals surface area (Å²) in [6.45, 7) is 3.91. The second kappa shape index (κ2) is 4.89. The first kappa shape index (κ1) is 11.7. The predicted molar refractivity (Wildman–Crippen MR) is 60.6 cm³/mol. The molecule has 0 atom stereocenters. The van der Waals surface area contributed by atoms with E-state index < -0.39 is 11.6 Å². The molecule has 0 amide bonds. The lowest BCUT2D eigenvalue weighted by atomic mass is 10.3. The summed E-state index contributed by atoms with van der Waals surface area (Å²) < 4.78 is 26.9. The molecule has 0 radical (unpaired) electrons. The standard InChI is InChI=1S/C9H7Br2F2N/c1-5(10)4-14-9-3-7(12)6(11)2-8(9)13/h2-3,14H,1,4H2. The van der Waals surface area contributed by atoms with Gasteiger partial charge in [0.05, 0.1) is 10.2 Å². The first-order valence-corrected chi connectivity index (χ1v) is 5.31. The Morgan fingerprint density at radius 3 is 2.57 bits per heavy atom. The van der Waals surface area contributed by atoms with Crippen molar-refractivity contribution in [3.8, 4) is 0 Å². The van der Waals surface area contributed by atoms with E-state index in [0.29, 0.717) is 11.0 Å². The van der Waals surface area contributed by atoms with Crippen LogP contribution in [-0.2, 0) is 0 Å². The SMILES string of the molecule is C=C(Br)CNc1cc(F)c(Br)cc1F. The highest BCUT2D eigenvalue weighted by Crippen LogP contribution is 2.23. The van der Waals surface area contributed by atoms with E-state index in [1.807, 2.05) is 0 Å². The maximum atomic E-state index is 13.2. The van der Waals surface area contributed by atoms with Crippen LogP contribution in [0, 0.1) is 11.6 Å². The number of anilines is 1. The van der Waals surface area contributed by atoms with Gasteiger partial charge in [-0.15, -0.1) is 0 Å². The molecule has 14 heavy (non-hydrogen) atoms. The first-order chi connectivity index (χ1) is 6.50. The van der Waals surface area contributed by atoms with Gasteiger partial charge < -0.3 is 5.32 Å². The maximum Gasteiger partial charge on any atom is 0.147 e. The van der Waals surface area contributed by atoms with Crippen LogP contribution in [0.5, 0.6) is 0 Å². The summed E-state index contributed by atoms with van der Waals surface area (Å²) in [7, 11) is 0. The van der Waals surface area contributed by atoms with Gasteiger partial charge in [-0.1, -0.05) is 22.5 Å². The zero-order valence-corrected chi connectivity index (χ0v) is 10.3. The largest absolute Gasteiger partial charge is 0.378 e. The van der Waals surface area contributed by atoms with Crippen LogP contribution in [0.1, 0.15) is 0 Å². The summed E-state index contributed by atoms with van der Waals surface area (Å²) in [5.41, 5.74) is 0.117. The highest BCUT2D eigenvalue weighted by molar-refractivity contribution is 9.11. The van der Waals surface area contributed by atoms with Crippen LogP contribution in [0.15, 0.2) is 27.7 Å². The Morgan fingerprint density at radius 2 is 2.00 bits per heavy atom. The van der Waals surface area contributed by atoms with Gasteiger partial charge >= 0.3 is 0 Å². The van der Waals surface area contributed by atoms with Crippen molar-refractivity contribution in [2.45, 2.75) is 0 Å². The second-order valence-corrected chi connectivity index (χ2v) is 4.59. The van der Waals surface area contributed by atoms with Gasteiger partial charge in [-0.3, -0.25) is 0 Å². The van der Waals surface area contributed by atoms with E-state index in [9.17, 15) is 8.78 Å². The van der Waals surface area contributed by atoms with E-state index >= 15 is 0 Å². The number of halogens is 4. The van der Waals surface area contributed by atoms with Crippen molar-refractivity contribution in [1.29, 1.82) is 0 Å². The van der Waals surface area contributed by atoms with Gasteiger partial charge in [-0.2, -0.15) is 0 Å². The lowest BCUT2D eigenvalue weighted by Crippen LogP contribution is -2.03. The Balaban J connectivity index is 2.87. The minimum Gasteiger partial charge on any atom is -0.378 e. The fourth-order valence-electron chi connectivity index (χ4n) is 0.849. The van der Waals surface area contributed by atoms with Gasteiger partial charge in [0.2, 0.25) is 0 Å². The molecule has 0 aliphatic heterocycles. The van der Waals surface area contributed by atoms with E-state index in [4.69, 9.17) is 0 Å². The fraction of sp³-hybridized carbons (Fsp3) is 0.111. The van der Waals surface area contributed by atoms with Crippen LogP contribution in [-0.4, -0.2) is 6.54 Å². The van der Waals surface area contributed by atoms with Crippen LogP contribution < -0.4 is 5.32 Å². The molecule has 0 bridgehead atoms. The quantitative estimate of drug-likeness (QED) is 0.826. The molecule has 1 aromatic rings. The van der Waals surface area contributed by atoms with Crippen molar-refractivity contribution < 1.29 is 8.78 Å². The van der Waals surface area contributed by atoms with E-state index in [1.165, 1.54) is 0 Å². The lowest BCUT2D eigenvalue weighted by Gasteiger charge is -2.07. The van der Waals surface area contributed by atoms with Crippen molar-refractivity contribution in [2.24, 2.45) is 0 Å². The van der Waals surface area contributed by atoms with Gasteiger partial charge in [-0.25, -0.2) is 8.78 Å². The maximum absolute atomic E-state index is 13.2. The van der Waals surface area contributed by atoms with E-state index in [1.54, 1.807) is 0 Å². The summed E-state index contributed by atoms with van der Waals surface area (Å²) in [5.74, 6) is -1.01. The first-order valence-electron chi connectivity index (χ1n) is 3.72. The van der Waals surface area contributed by atoms with Crippen LogP contribution in [0.2, 0.25) is 0 Å². The molecule has 0 unspecified atom stereocenters. The van der Waals surface area contributed by atoms with Crippen molar-refractivity contribution >= 4 is 37.5 Å². The topological polar surface area (TPSA) is 12.0 Å². The molecule has 0 saturated carbocycles. The van der Waals surface area contributed by atoms with E-state index in [-0.39, 0.29) is 10.2 Å². The van der Waals surface area contributed by atoms with E-state index in [2.05, 4.69) is 43.8 Å². The van der Waals surface area contributed by atoms with Gasteiger partial charge in [0, 0.05) is 17.1 Å². The normalized spacial score (nSPS) is 10.0. The smallest absolute Gasteiger partial charge is 0.147 e. The van der Waals surface area contributed by atoms with Crippen LogP contribution in [0.4, 0.5) is 14.5 Å². The Morgan fingerprint density at radius 1 is 1.36 bits per heavy atom. The lowest BCUT2D eigenvalue weighted by molar-refractivity contribution is 0.597. The van der Waals surface area contributed by atoms with Crippen LogP contribution in [0.3, 0.4) is 0 Å². The van der Waals surface area contributed by atoms with Gasteiger partial charge in [0.15, 0.2) is 0 Å².